The third kappa shape index (κ3) is 5.33. The minimum absolute atomic E-state index is 0.295. The molecule has 4 nitrogen and oxygen atoms in total. The van der Waals surface area contributed by atoms with Gasteiger partial charge in [-0.3, -0.25) is 0 Å². The van der Waals surface area contributed by atoms with Crippen LogP contribution in [0, 0.1) is 0 Å². The zero-order chi connectivity index (χ0) is 19.8. The van der Waals surface area contributed by atoms with Gasteiger partial charge in [-0.25, -0.2) is 4.98 Å². The zero-order valence-corrected chi connectivity index (χ0v) is 17.5. The summed E-state index contributed by atoms with van der Waals surface area (Å²) in [7, 11) is 0. The van der Waals surface area contributed by atoms with Crippen molar-refractivity contribution in [1.29, 1.82) is 0 Å². The standard InChI is InChI=1S/C24H35N3O/c1-3-19-10-11-21(18-20(19)4-2)23-8-7-9-24(26-23)27-15-12-22(13-16-27)25-14-5-6-17-28/h7-11,18,22,25,28H,3-6,12-17H2,1-2H3. The number of nitrogens with one attached hydrogen (secondary N) is 1. The number of aliphatic hydroxyl groups is 1. The fourth-order valence-corrected chi connectivity index (χ4v) is 4.08. The number of piperidine rings is 1. The van der Waals surface area contributed by atoms with Crippen molar-refractivity contribution in [3.8, 4) is 11.3 Å². The Morgan fingerprint density at radius 2 is 1.82 bits per heavy atom. The molecule has 0 amide bonds. The molecule has 2 N–H and O–H groups in total. The van der Waals surface area contributed by atoms with Crippen molar-refractivity contribution in [1.82, 2.24) is 10.3 Å². The van der Waals surface area contributed by atoms with Gasteiger partial charge in [0, 0.05) is 31.3 Å². The average Bonchev–Trinajstić information content (AvgIpc) is 2.76. The van der Waals surface area contributed by atoms with Crippen LogP contribution in [0.4, 0.5) is 5.82 Å². The number of unbranched alkanes of at least 4 members (excludes halogenated alkanes) is 1. The third-order valence-corrected chi connectivity index (χ3v) is 5.84. The van der Waals surface area contributed by atoms with Gasteiger partial charge in [0.2, 0.25) is 0 Å². The summed E-state index contributed by atoms with van der Waals surface area (Å²) in [6, 6.07) is 13.8. The van der Waals surface area contributed by atoms with Crippen LogP contribution in [0.1, 0.15) is 50.7 Å². The van der Waals surface area contributed by atoms with E-state index in [0.717, 1.165) is 69.7 Å². The molecule has 0 saturated carbocycles. The lowest BCUT2D eigenvalue weighted by molar-refractivity contribution is 0.281. The van der Waals surface area contributed by atoms with Crippen LogP contribution in [-0.2, 0) is 12.8 Å². The Kier molecular flexibility index (Phi) is 7.87. The van der Waals surface area contributed by atoms with Crippen LogP contribution in [0.5, 0.6) is 0 Å². The van der Waals surface area contributed by atoms with Crippen LogP contribution >= 0.6 is 0 Å². The lowest BCUT2D eigenvalue weighted by Gasteiger charge is -2.33. The number of hydrogen-bond acceptors (Lipinski definition) is 4. The Morgan fingerprint density at radius 3 is 2.54 bits per heavy atom. The van der Waals surface area contributed by atoms with E-state index in [9.17, 15) is 0 Å². The van der Waals surface area contributed by atoms with Crippen LogP contribution in [0.3, 0.4) is 0 Å². The molecule has 1 fully saturated rings. The smallest absolute Gasteiger partial charge is 0.129 e. The normalized spacial score (nSPS) is 15.2. The van der Waals surface area contributed by atoms with Crippen LogP contribution in [0.15, 0.2) is 36.4 Å². The summed E-state index contributed by atoms with van der Waals surface area (Å²) in [4.78, 5) is 7.40. The molecule has 0 bridgehead atoms. The van der Waals surface area contributed by atoms with E-state index in [1.165, 1.54) is 16.7 Å². The molecule has 1 aliphatic rings. The van der Waals surface area contributed by atoms with E-state index in [0.29, 0.717) is 12.6 Å². The highest BCUT2D eigenvalue weighted by molar-refractivity contribution is 5.63. The van der Waals surface area contributed by atoms with E-state index < -0.39 is 0 Å². The first-order valence-electron chi connectivity index (χ1n) is 10.9. The fourth-order valence-electron chi connectivity index (χ4n) is 4.08. The van der Waals surface area contributed by atoms with Crippen molar-refractivity contribution >= 4 is 5.82 Å². The van der Waals surface area contributed by atoms with Crippen molar-refractivity contribution in [2.24, 2.45) is 0 Å². The highest BCUT2D eigenvalue weighted by Crippen LogP contribution is 2.25. The molecule has 1 aromatic heterocycles. The predicted octanol–water partition coefficient (Wildman–Crippen LogP) is 4.20. The summed E-state index contributed by atoms with van der Waals surface area (Å²) in [6.45, 7) is 7.84. The van der Waals surface area contributed by atoms with E-state index >= 15 is 0 Å². The molecule has 0 aliphatic carbocycles. The Labute approximate surface area is 170 Å². The number of benzene rings is 1. The molecule has 3 rings (SSSR count). The molecular weight excluding hydrogens is 346 g/mol. The monoisotopic (exact) mass is 381 g/mol. The van der Waals surface area contributed by atoms with Gasteiger partial charge in [0.25, 0.3) is 0 Å². The summed E-state index contributed by atoms with van der Waals surface area (Å²) in [5, 5.41) is 12.5. The van der Waals surface area contributed by atoms with Crippen LogP contribution in [0.2, 0.25) is 0 Å². The number of aryl methyl sites for hydroxylation is 2. The molecule has 0 spiro atoms. The predicted molar refractivity (Wildman–Crippen MR) is 118 cm³/mol. The molecule has 1 saturated heterocycles. The maximum absolute atomic E-state index is 8.88. The van der Waals surface area contributed by atoms with E-state index in [1.54, 1.807) is 0 Å². The molecule has 1 aromatic carbocycles. The second-order valence-corrected chi connectivity index (χ2v) is 7.72. The summed E-state index contributed by atoms with van der Waals surface area (Å²) in [5.74, 6) is 1.09. The van der Waals surface area contributed by atoms with Crippen LogP contribution in [0.25, 0.3) is 11.3 Å². The molecule has 0 atom stereocenters. The largest absolute Gasteiger partial charge is 0.396 e. The molecule has 4 heteroatoms. The third-order valence-electron chi connectivity index (χ3n) is 5.84. The van der Waals surface area contributed by atoms with E-state index in [2.05, 4.69) is 60.5 Å². The zero-order valence-electron chi connectivity index (χ0n) is 17.5. The SMILES string of the molecule is CCc1ccc(-c2cccc(N3CCC(NCCCCO)CC3)n2)cc1CC. The van der Waals surface area contributed by atoms with E-state index in [1.807, 2.05) is 0 Å². The molecule has 0 radical (unpaired) electrons. The van der Waals surface area contributed by atoms with Gasteiger partial charge in [-0.1, -0.05) is 32.0 Å². The highest BCUT2D eigenvalue weighted by Gasteiger charge is 2.20. The highest BCUT2D eigenvalue weighted by atomic mass is 16.2. The lowest BCUT2D eigenvalue weighted by atomic mass is 9.98. The number of nitrogens with zero attached hydrogens (tertiary/aromatic N) is 2. The minimum Gasteiger partial charge on any atom is -0.396 e. The van der Waals surface area contributed by atoms with Gasteiger partial charge in [0.15, 0.2) is 0 Å². The first-order valence-corrected chi connectivity index (χ1v) is 10.9. The molecule has 1 aliphatic heterocycles. The Bertz CT molecular complexity index is 738. The Hall–Kier alpha value is -1.91. The van der Waals surface area contributed by atoms with Gasteiger partial charge in [0.1, 0.15) is 5.82 Å². The van der Waals surface area contributed by atoms with Gasteiger partial charge in [0.05, 0.1) is 5.69 Å². The number of rotatable bonds is 9. The summed E-state index contributed by atoms with van der Waals surface area (Å²) < 4.78 is 0. The van der Waals surface area contributed by atoms with Crippen LogP contribution < -0.4 is 10.2 Å². The van der Waals surface area contributed by atoms with Gasteiger partial charge in [-0.15, -0.1) is 0 Å². The summed E-state index contributed by atoms with van der Waals surface area (Å²) in [6.07, 6.45) is 6.39. The maximum atomic E-state index is 8.88. The number of hydrogen-bond donors (Lipinski definition) is 2. The number of aliphatic hydroxyl groups excluding tert-OH is 1. The topological polar surface area (TPSA) is 48.4 Å². The van der Waals surface area contributed by atoms with Gasteiger partial charge < -0.3 is 15.3 Å². The van der Waals surface area contributed by atoms with Crippen molar-refractivity contribution in [3.05, 3.63) is 47.5 Å². The van der Waals surface area contributed by atoms with Crippen molar-refractivity contribution < 1.29 is 5.11 Å². The first kappa shape index (κ1) is 20.8. The van der Waals surface area contributed by atoms with Crippen molar-refractivity contribution in [2.45, 2.75) is 58.4 Å². The van der Waals surface area contributed by atoms with E-state index in [-0.39, 0.29) is 0 Å². The van der Waals surface area contributed by atoms with Gasteiger partial charge >= 0.3 is 0 Å². The average molecular weight is 382 g/mol. The van der Waals surface area contributed by atoms with Crippen molar-refractivity contribution in [2.75, 3.05) is 31.1 Å². The van der Waals surface area contributed by atoms with Gasteiger partial charge in [-0.2, -0.15) is 0 Å². The van der Waals surface area contributed by atoms with Crippen LogP contribution in [-0.4, -0.2) is 42.4 Å². The number of anilines is 1. The molecule has 152 valence electrons. The Morgan fingerprint density at radius 1 is 1.04 bits per heavy atom. The quantitative estimate of drug-likeness (QED) is 0.639. The van der Waals surface area contributed by atoms with Crippen molar-refractivity contribution in [3.63, 3.8) is 0 Å². The number of pyridine rings is 1. The fraction of sp³-hybridized carbons (Fsp3) is 0.542. The second-order valence-electron chi connectivity index (χ2n) is 7.72. The first-order chi connectivity index (χ1) is 13.7. The van der Waals surface area contributed by atoms with E-state index in [4.69, 9.17) is 10.1 Å². The molecule has 28 heavy (non-hydrogen) atoms. The lowest BCUT2D eigenvalue weighted by Crippen LogP contribution is -2.43. The number of aromatic nitrogens is 1. The molecular formula is C24H35N3O. The Balaban J connectivity index is 1.63. The molecule has 2 heterocycles. The summed E-state index contributed by atoms with van der Waals surface area (Å²) in [5.41, 5.74) is 5.16. The summed E-state index contributed by atoms with van der Waals surface area (Å²) >= 11 is 0. The molecule has 0 unspecified atom stereocenters. The minimum atomic E-state index is 0.295. The van der Waals surface area contributed by atoms with Gasteiger partial charge in [-0.05, 0) is 74.4 Å². The maximum Gasteiger partial charge on any atom is 0.129 e. The second kappa shape index (κ2) is 10.6. The molecule has 2 aromatic rings.